The second-order valence-electron chi connectivity index (χ2n) is 8.08. The maximum absolute atomic E-state index is 12.7. The highest BCUT2D eigenvalue weighted by molar-refractivity contribution is 5.80. The molecule has 2 aliphatic rings. The van der Waals surface area contributed by atoms with Gasteiger partial charge in [-0.05, 0) is 51.2 Å². The Balaban J connectivity index is 1.60. The first kappa shape index (κ1) is 19.2. The van der Waals surface area contributed by atoms with Crippen molar-refractivity contribution in [1.29, 1.82) is 0 Å². The molecule has 5 heteroatoms. The minimum Gasteiger partial charge on any atom is -0.491 e. The van der Waals surface area contributed by atoms with Crippen molar-refractivity contribution < 1.29 is 14.3 Å². The van der Waals surface area contributed by atoms with Crippen LogP contribution in [0.15, 0.2) is 18.2 Å². The zero-order valence-corrected chi connectivity index (χ0v) is 16.1. The molecule has 1 aromatic carbocycles. The van der Waals surface area contributed by atoms with Crippen molar-refractivity contribution in [3.05, 3.63) is 29.3 Å². The topological polar surface area (TPSA) is 73.6 Å². The third-order valence-electron chi connectivity index (χ3n) is 5.70. The summed E-state index contributed by atoms with van der Waals surface area (Å²) in [5, 5.41) is 3.08. The van der Waals surface area contributed by atoms with Gasteiger partial charge in [0.1, 0.15) is 12.4 Å². The Labute approximate surface area is 156 Å². The van der Waals surface area contributed by atoms with Gasteiger partial charge in [0.2, 0.25) is 5.91 Å². The van der Waals surface area contributed by atoms with E-state index in [0.29, 0.717) is 13.2 Å². The third-order valence-corrected chi connectivity index (χ3v) is 5.70. The molecule has 0 bridgehead atoms. The van der Waals surface area contributed by atoms with Gasteiger partial charge in [-0.3, -0.25) is 4.79 Å². The van der Waals surface area contributed by atoms with Gasteiger partial charge in [0.05, 0.1) is 12.0 Å². The van der Waals surface area contributed by atoms with Crippen LogP contribution in [0.25, 0.3) is 0 Å². The normalized spacial score (nSPS) is 28.7. The smallest absolute Gasteiger partial charge is 0.225 e. The summed E-state index contributed by atoms with van der Waals surface area (Å²) in [7, 11) is 0. The van der Waals surface area contributed by atoms with Gasteiger partial charge >= 0.3 is 0 Å². The Hall–Kier alpha value is -1.59. The van der Waals surface area contributed by atoms with Crippen LogP contribution in [0.3, 0.4) is 0 Å². The molecule has 144 valence electrons. The van der Waals surface area contributed by atoms with E-state index in [2.05, 4.69) is 5.32 Å². The highest BCUT2D eigenvalue weighted by Crippen LogP contribution is 2.32. The summed E-state index contributed by atoms with van der Waals surface area (Å²) in [5.74, 6) is 0.776. The Kier molecular flexibility index (Phi) is 6.20. The molecule has 3 rings (SSSR count). The maximum Gasteiger partial charge on any atom is 0.225 e. The van der Waals surface area contributed by atoms with Crippen molar-refractivity contribution in [3.8, 4) is 5.75 Å². The molecule has 26 heavy (non-hydrogen) atoms. The molecule has 0 aromatic heterocycles. The molecule has 1 amide bonds. The molecule has 1 saturated carbocycles. The number of carbonyl (C=O) groups is 1. The SMILES string of the molecule is Cc1ccc(CNC(=O)C2CCCCC2(C)N)c(OCC2CCCO2)c1. The second kappa shape index (κ2) is 8.40. The number of carbonyl (C=O) groups excluding carboxylic acids is 1. The van der Waals surface area contributed by atoms with Crippen LogP contribution in [0.4, 0.5) is 0 Å². The Morgan fingerprint density at radius 1 is 1.35 bits per heavy atom. The van der Waals surface area contributed by atoms with E-state index in [0.717, 1.165) is 62.0 Å². The number of hydrogen-bond donors (Lipinski definition) is 2. The van der Waals surface area contributed by atoms with Crippen LogP contribution in [0.2, 0.25) is 0 Å². The number of ether oxygens (including phenoxy) is 2. The maximum atomic E-state index is 12.7. The number of rotatable bonds is 6. The van der Waals surface area contributed by atoms with E-state index in [9.17, 15) is 4.79 Å². The Morgan fingerprint density at radius 3 is 2.92 bits per heavy atom. The average molecular weight is 360 g/mol. The summed E-state index contributed by atoms with van der Waals surface area (Å²) in [6.45, 7) is 5.89. The standard InChI is InChI=1S/C21H32N2O3/c1-15-8-9-16(19(12-15)26-14-17-6-5-11-25-17)13-23-20(24)18-7-3-4-10-21(18,2)22/h8-9,12,17-18H,3-7,10-11,13-14,22H2,1-2H3,(H,23,24). The molecule has 5 nitrogen and oxygen atoms in total. The van der Waals surface area contributed by atoms with Gasteiger partial charge < -0.3 is 20.5 Å². The van der Waals surface area contributed by atoms with Gasteiger partial charge in [0.25, 0.3) is 0 Å². The third kappa shape index (κ3) is 4.77. The quantitative estimate of drug-likeness (QED) is 0.818. The lowest BCUT2D eigenvalue weighted by Crippen LogP contribution is -2.52. The molecule has 3 atom stereocenters. The minimum absolute atomic E-state index is 0.0559. The zero-order valence-electron chi connectivity index (χ0n) is 16.1. The van der Waals surface area contributed by atoms with Crippen LogP contribution in [-0.2, 0) is 16.1 Å². The van der Waals surface area contributed by atoms with E-state index >= 15 is 0 Å². The lowest BCUT2D eigenvalue weighted by molar-refractivity contribution is -0.128. The average Bonchev–Trinajstić information content (AvgIpc) is 3.12. The van der Waals surface area contributed by atoms with E-state index in [1.165, 1.54) is 0 Å². The number of aryl methyl sites for hydroxylation is 1. The summed E-state index contributed by atoms with van der Waals surface area (Å²) >= 11 is 0. The van der Waals surface area contributed by atoms with Crippen LogP contribution in [0, 0.1) is 12.8 Å². The van der Waals surface area contributed by atoms with E-state index < -0.39 is 5.54 Å². The fourth-order valence-electron chi connectivity index (χ4n) is 4.00. The van der Waals surface area contributed by atoms with Gasteiger partial charge in [0, 0.05) is 24.3 Å². The van der Waals surface area contributed by atoms with Crippen molar-refractivity contribution in [1.82, 2.24) is 5.32 Å². The summed E-state index contributed by atoms with van der Waals surface area (Å²) in [6, 6.07) is 6.11. The summed E-state index contributed by atoms with van der Waals surface area (Å²) in [6.07, 6.45) is 6.29. The van der Waals surface area contributed by atoms with Crippen LogP contribution in [-0.4, -0.2) is 30.8 Å². The Bertz CT molecular complexity index is 624. The lowest BCUT2D eigenvalue weighted by Gasteiger charge is -2.37. The summed E-state index contributed by atoms with van der Waals surface area (Å²) in [4.78, 5) is 12.7. The van der Waals surface area contributed by atoms with Gasteiger partial charge in [-0.1, -0.05) is 25.0 Å². The van der Waals surface area contributed by atoms with E-state index in [4.69, 9.17) is 15.2 Å². The Morgan fingerprint density at radius 2 is 2.19 bits per heavy atom. The predicted molar refractivity (Wildman–Crippen MR) is 102 cm³/mol. The molecular formula is C21H32N2O3. The lowest BCUT2D eigenvalue weighted by atomic mass is 9.74. The molecule has 1 aliphatic heterocycles. The van der Waals surface area contributed by atoms with Crippen molar-refractivity contribution in [2.75, 3.05) is 13.2 Å². The van der Waals surface area contributed by atoms with E-state index in [-0.39, 0.29) is 17.9 Å². The van der Waals surface area contributed by atoms with Crippen molar-refractivity contribution in [2.24, 2.45) is 11.7 Å². The van der Waals surface area contributed by atoms with Crippen LogP contribution >= 0.6 is 0 Å². The molecular weight excluding hydrogens is 328 g/mol. The highest BCUT2D eigenvalue weighted by atomic mass is 16.5. The van der Waals surface area contributed by atoms with Crippen LogP contribution in [0.1, 0.15) is 56.6 Å². The second-order valence-corrected chi connectivity index (χ2v) is 8.08. The molecule has 2 fully saturated rings. The minimum atomic E-state index is -0.408. The molecule has 3 N–H and O–H groups in total. The molecule has 1 aromatic rings. The van der Waals surface area contributed by atoms with Crippen molar-refractivity contribution in [3.63, 3.8) is 0 Å². The van der Waals surface area contributed by atoms with E-state index in [1.807, 2.05) is 32.0 Å². The first-order chi connectivity index (χ1) is 12.5. The molecule has 0 spiro atoms. The van der Waals surface area contributed by atoms with Crippen LogP contribution in [0.5, 0.6) is 5.75 Å². The summed E-state index contributed by atoms with van der Waals surface area (Å²) in [5.41, 5.74) is 8.09. The fourth-order valence-corrected chi connectivity index (χ4v) is 4.00. The largest absolute Gasteiger partial charge is 0.491 e. The first-order valence-corrected chi connectivity index (χ1v) is 9.86. The molecule has 0 radical (unpaired) electrons. The number of hydrogen-bond acceptors (Lipinski definition) is 4. The number of nitrogens with one attached hydrogen (secondary N) is 1. The number of nitrogens with two attached hydrogens (primary N) is 1. The van der Waals surface area contributed by atoms with Crippen molar-refractivity contribution in [2.45, 2.75) is 70.6 Å². The van der Waals surface area contributed by atoms with E-state index in [1.54, 1.807) is 0 Å². The summed E-state index contributed by atoms with van der Waals surface area (Å²) < 4.78 is 11.7. The fraction of sp³-hybridized carbons (Fsp3) is 0.667. The van der Waals surface area contributed by atoms with Crippen LogP contribution < -0.4 is 15.8 Å². The van der Waals surface area contributed by atoms with Gasteiger partial charge in [-0.25, -0.2) is 0 Å². The predicted octanol–water partition coefficient (Wildman–Crippen LogP) is 3.08. The highest BCUT2D eigenvalue weighted by Gasteiger charge is 2.37. The molecule has 3 unspecified atom stereocenters. The van der Waals surface area contributed by atoms with Gasteiger partial charge in [0.15, 0.2) is 0 Å². The number of benzene rings is 1. The molecule has 1 aliphatic carbocycles. The van der Waals surface area contributed by atoms with Gasteiger partial charge in [-0.15, -0.1) is 0 Å². The number of amides is 1. The van der Waals surface area contributed by atoms with Gasteiger partial charge in [-0.2, -0.15) is 0 Å². The molecule has 1 saturated heterocycles. The monoisotopic (exact) mass is 360 g/mol. The van der Waals surface area contributed by atoms with Crippen molar-refractivity contribution >= 4 is 5.91 Å². The zero-order chi connectivity index (χ0) is 18.6. The molecule has 1 heterocycles. The first-order valence-electron chi connectivity index (χ1n) is 9.86.